The number of likely N-dealkylation sites (N-methyl/N-ethyl adjacent to an activating group) is 1. The van der Waals surface area contributed by atoms with Gasteiger partial charge in [0, 0.05) is 19.1 Å². The number of nitrogens with one attached hydrogen (secondary N) is 1. The maximum absolute atomic E-state index is 10.1. The summed E-state index contributed by atoms with van der Waals surface area (Å²) in [7, 11) is 0. The van der Waals surface area contributed by atoms with E-state index in [-0.39, 0.29) is 6.10 Å². The van der Waals surface area contributed by atoms with Gasteiger partial charge in [-0.2, -0.15) is 0 Å². The average molecular weight is 242 g/mol. The van der Waals surface area contributed by atoms with Crippen LogP contribution in [0.15, 0.2) is 0 Å². The predicted molar refractivity (Wildman–Crippen MR) is 73.2 cm³/mol. The number of aliphatic hydroxyl groups is 1. The molecule has 1 fully saturated rings. The van der Waals surface area contributed by atoms with Crippen LogP contribution in [0.3, 0.4) is 0 Å². The summed E-state index contributed by atoms with van der Waals surface area (Å²) < 4.78 is 0. The van der Waals surface area contributed by atoms with Gasteiger partial charge in [0.25, 0.3) is 0 Å². The van der Waals surface area contributed by atoms with E-state index in [0.29, 0.717) is 12.0 Å². The largest absolute Gasteiger partial charge is 0.393 e. The summed E-state index contributed by atoms with van der Waals surface area (Å²) in [6, 6.07) is 0.566. The van der Waals surface area contributed by atoms with Gasteiger partial charge in [-0.3, -0.25) is 0 Å². The quantitative estimate of drug-likeness (QED) is 0.715. The molecule has 102 valence electrons. The van der Waals surface area contributed by atoms with Gasteiger partial charge in [-0.05, 0) is 38.3 Å². The molecule has 17 heavy (non-hydrogen) atoms. The molecule has 0 aromatic carbocycles. The normalized spacial score (nSPS) is 28.2. The zero-order valence-corrected chi connectivity index (χ0v) is 11.8. The summed E-state index contributed by atoms with van der Waals surface area (Å²) in [5.74, 6) is 0.453. The number of likely N-dealkylation sites (tertiary alicyclic amines) is 1. The van der Waals surface area contributed by atoms with Crippen LogP contribution >= 0.6 is 0 Å². The van der Waals surface area contributed by atoms with Crippen molar-refractivity contribution in [2.75, 3.05) is 26.2 Å². The van der Waals surface area contributed by atoms with Crippen molar-refractivity contribution >= 4 is 0 Å². The van der Waals surface area contributed by atoms with Gasteiger partial charge >= 0.3 is 0 Å². The second kappa shape index (κ2) is 8.06. The molecule has 3 unspecified atom stereocenters. The Hall–Kier alpha value is -0.120. The molecule has 1 aliphatic heterocycles. The standard InChI is InChI=1S/C14H30N2O/c1-4-7-8-16-10-12(14(17)5-2)9-13(11-16)15-6-3/h12-15,17H,4-11H2,1-3H3. The van der Waals surface area contributed by atoms with Crippen molar-refractivity contribution in [2.45, 2.75) is 58.6 Å². The summed E-state index contributed by atoms with van der Waals surface area (Å²) in [5.41, 5.74) is 0. The first-order chi connectivity index (χ1) is 8.21. The van der Waals surface area contributed by atoms with Crippen LogP contribution < -0.4 is 5.32 Å². The van der Waals surface area contributed by atoms with Gasteiger partial charge in [-0.15, -0.1) is 0 Å². The minimum Gasteiger partial charge on any atom is -0.393 e. The third-order valence-electron chi connectivity index (χ3n) is 3.84. The molecule has 3 heteroatoms. The van der Waals surface area contributed by atoms with Crippen LogP contribution in [0.4, 0.5) is 0 Å². The number of piperidine rings is 1. The molecule has 3 nitrogen and oxygen atoms in total. The van der Waals surface area contributed by atoms with Crippen LogP contribution in [0.5, 0.6) is 0 Å². The van der Waals surface area contributed by atoms with Crippen molar-refractivity contribution in [3.63, 3.8) is 0 Å². The van der Waals surface area contributed by atoms with E-state index in [1.807, 2.05) is 0 Å². The number of hydrogen-bond donors (Lipinski definition) is 2. The molecule has 0 aliphatic carbocycles. The molecule has 0 amide bonds. The van der Waals surface area contributed by atoms with Crippen LogP contribution in [-0.4, -0.2) is 48.3 Å². The molecule has 1 aliphatic rings. The molecule has 0 bridgehead atoms. The monoisotopic (exact) mass is 242 g/mol. The SMILES string of the molecule is CCCCN1CC(NCC)CC(C(O)CC)C1. The average Bonchev–Trinajstić information content (AvgIpc) is 2.35. The van der Waals surface area contributed by atoms with Crippen LogP contribution in [-0.2, 0) is 0 Å². The number of aliphatic hydroxyl groups excluding tert-OH is 1. The Kier molecular flexibility index (Phi) is 7.09. The first kappa shape index (κ1) is 14.9. The van der Waals surface area contributed by atoms with Gasteiger partial charge in [-0.1, -0.05) is 27.2 Å². The zero-order valence-electron chi connectivity index (χ0n) is 11.8. The highest BCUT2D eigenvalue weighted by atomic mass is 16.3. The van der Waals surface area contributed by atoms with E-state index >= 15 is 0 Å². The third-order valence-corrected chi connectivity index (χ3v) is 3.84. The summed E-state index contributed by atoms with van der Waals surface area (Å²) >= 11 is 0. The van der Waals surface area contributed by atoms with E-state index < -0.39 is 0 Å². The minimum absolute atomic E-state index is 0.124. The van der Waals surface area contributed by atoms with E-state index in [0.717, 1.165) is 32.5 Å². The highest BCUT2D eigenvalue weighted by molar-refractivity contribution is 4.86. The van der Waals surface area contributed by atoms with E-state index in [1.165, 1.54) is 19.4 Å². The van der Waals surface area contributed by atoms with Gasteiger partial charge in [-0.25, -0.2) is 0 Å². The van der Waals surface area contributed by atoms with Crippen LogP contribution in [0.1, 0.15) is 46.5 Å². The Labute approximate surface area is 107 Å². The number of nitrogens with zero attached hydrogens (tertiary/aromatic N) is 1. The lowest BCUT2D eigenvalue weighted by Gasteiger charge is -2.40. The fourth-order valence-electron chi connectivity index (χ4n) is 2.85. The lowest BCUT2D eigenvalue weighted by Crippen LogP contribution is -2.51. The Morgan fingerprint density at radius 3 is 2.65 bits per heavy atom. The number of unbranched alkanes of at least 4 members (excludes halogenated alkanes) is 1. The maximum atomic E-state index is 10.1. The van der Waals surface area contributed by atoms with E-state index in [2.05, 4.69) is 31.0 Å². The minimum atomic E-state index is -0.124. The highest BCUT2D eigenvalue weighted by Crippen LogP contribution is 2.22. The van der Waals surface area contributed by atoms with E-state index in [4.69, 9.17) is 0 Å². The highest BCUT2D eigenvalue weighted by Gasteiger charge is 2.29. The molecule has 0 radical (unpaired) electrons. The van der Waals surface area contributed by atoms with Gasteiger partial charge in [0.1, 0.15) is 0 Å². The third kappa shape index (κ3) is 4.94. The fourth-order valence-corrected chi connectivity index (χ4v) is 2.85. The molecule has 1 saturated heterocycles. The first-order valence-electron chi connectivity index (χ1n) is 7.35. The van der Waals surface area contributed by atoms with Crippen molar-refractivity contribution in [1.82, 2.24) is 10.2 Å². The van der Waals surface area contributed by atoms with E-state index in [9.17, 15) is 5.11 Å². The van der Waals surface area contributed by atoms with Gasteiger partial charge < -0.3 is 15.3 Å². The molecule has 1 heterocycles. The lowest BCUT2D eigenvalue weighted by atomic mass is 9.88. The summed E-state index contributed by atoms with van der Waals surface area (Å²) in [6.07, 6.45) is 4.41. The van der Waals surface area contributed by atoms with Crippen LogP contribution in [0.2, 0.25) is 0 Å². The zero-order chi connectivity index (χ0) is 12.7. The Bertz CT molecular complexity index is 199. The smallest absolute Gasteiger partial charge is 0.0578 e. The molecular weight excluding hydrogens is 212 g/mol. The molecule has 0 spiro atoms. The summed E-state index contributed by atoms with van der Waals surface area (Å²) in [5, 5.41) is 13.6. The Balaban J connectivity index is 2.49. The lowest BCUT2D eigenvalue weighted by molar-refractivity contribution is 0.0355. The summed E-state index contributed by atoms with van der Waals surface area (Å²) in [6.45, 7) is 10.9. The summed E-state index contributed by atoms with van der Waals surface area (Å²) in [4.78, 5) is 2.53. The molecular formula is C14H30N2O. The molecule has 1 rings (SSSR count). The Morgan fingerprint density at radius 2 is 2.06 bits per heavy atom. The van der Waals surface area contributed by atoms with Crippen molar-refractivity contribution in [1.29, 1.82) is 0 Å². The number of hydrogen-bond acceptors (Lipinski definition) is 3. The number of rotatable bonds is 7. The van der Waals surface area contributed by atoms with Gasteiger partial charge in [0.2, 0.25) is 0 Å². The van der Waals surface area contributed by atoms with Crippen molar-refractivity contribution < 1.29 is 5.11 Å². The van der Waals surface area contributed by atoms with Crippen LogP contribution in [0.25, 0.3) is 0 Å². The maximum Gasteiger partial charge on any atom is 0.0578 e. The van der Waals surface area contributed by atoms with Gasteiger partial charge in [0.05, 0.1) is 6.10 Å². The second-order valence-corrected chi connectivity index (χ2v) is 5.34. The molecule has 0 aromatic heterocycles. The Morgan fingerprint density at radius 1 is 1.29 bits per heavy atom. The molecule has 0 saturated carbocycles. The molecule has 0 aromatic rings. The first-order valence-corrected chi connectivity index (χ1v) is 7.35. The predicted octanol–water partition coefficient (Wildman–Crippen LogP) is 1.86. The van der Waals surface area contributed by atoms with Crippen LogP contribution in [0, 0.1) is 5.92 Å². The second-order valence-electron chi connectivity index (χ2n) is 5.34. The van der Waals surface area contributed by atoms with Crippen molar-refractivity contribution in [3.05, 3.63) is 0 Å². The van der Waals surface area contributed by atoms with Gasteiger partial charge in [0.15, 0.2) is 0 Å². The van der Waals surface area contributed by atoms with Crippen molar-refractivity contribution in [2.24, 2.45) is 5.92 Å². The molecule has 3 atom stereocenters. The fraction of sp³-hybridized carbons (Fsp3) is 1.00. The topological polar surface area (TPSA) is 35.5 Å². The van der Waals surface area contributed by atoms with E-state index in [1.54, 1.807) is 0 Å². The molecule has 2 N–H and O–H groups in total. The van der Waals surface area contributed by atoms with Crippen molar-refractivity contribution in [3.8, 4) is 0 Å².